The Bertz CT molecular complexity index is 617. The summed E-state index contributed by atoms with van der Waals surface area (Å²) in [7, 11) is 1.41. The zero-order valence-electron chi connectivity index (χ0n) is 14.2. The van der Waals surface area contributed by atoms with Crippen LogP contribution in [0, 0.1) is 0 Å². The lowest BCUT2D eigenvalue weighted by Crippen LogP contribution is -2.63. The average molecular weight is 350 g/mol. The van der Waals surface area contributed by atoms with Crippen molar-refractivity contribution in [1.82, 2.24) is 0 Å². The summed E-state index contributed by atoms with van der Waals surface area (Å²) in [5, 5.41) is 10.5. The van der Waals surface area contributed by atoms with Gasteiger partial charge in [0, 0.05) is 18.2 Å². The van der Waals surface area contributed by atoms with E-state index in [1.807, 2.05) is 30.3 Å². The van der Waals surface area contributed by atoms with Gasteiger partial charge in [0.05, 0.1) is 6.61 Å². The molecule has 0 aliphatic carbocycles. The van der Waals surface area contributed by atoms with Crippen LogP contribution in [0.4, 0.5) is 0 Å². The number of fused-ring (bicyclic) bond motifs is 1. The average Bonchev–Trinajstić information content (AvgIpc) is 2.63. The van der Waals surface area contributed by atoms with Crippen molar-refractivity contribution in [3.63, 3.8) is 0 Å². The Hall–Kier alpha value is -1.77. The van der Waals surface area contributed by atoms with Crippen LogP contribution in [-0.4, -0.2) is 55.5 Å². The Kier molecular flexibility index (Phi) is 5.51. The Morgan fingerprint density at radius 1 is 1.28 bits per heavy atom. The molecule has 0 radical (unpaired) electrons. The van der Waals surface area contributed by atoms with E-state index in [0.717, 1.165) is 5.56 Å². The topological polar surface area (TPSA) is 83.5 Å². The van der Waals surface area contributed by atoms with Crippen molar-refractivity contribution >= 4 is 5.97 Å². The molecule has 2 saturated heterocycles. The molecule has 0 saturated carbocycles. The second kappa shape index (κ2) is 7.63. The van der Waals surface area contributed by atoms with Crippen LogP contribution in [-0.2, 0) is 28.5 Å². The number of hydrogen-bond acceptors (Lipinski definition) is 7. The van der Waals surface area contributed by atoms with Crippen molar-refractivity contribution in [2.45, 2.75) is 43.9 Å². The van der Waals surface area contributed by atoms with Gasteiger partial charge in [-0.2, -0.15) is 0 Å². The van der Waals surface area contributed by atoms with Crippen molar-refractivity contribution in [3.8, 4) is 0 Å². The summed E-state index contributed by atoms with van der Waals surface area (Å²) < 4.78 is 27.9. The summed E-state index contributed by atoms with van der Waals surface area (Å²) in [5.74, 6) is -0.606. The molecular weight excluding hydrogens is 328 g/mol. The minimum Gasteiger partial charge on any atom is -0.453 e. The number of benzene rings is 1. The number of esters is 1. The third-order valence-electron chi connectivity index (χ3n) is 4.20. The van der Waals surface area contributed by atoms with Gasteiger partial charge in [-0.15, -0.1) is 0 Å². The van der Waals surface area contributed by atoms with E-state index >= 15 is 0 Å². The van der Waals surface area contributed by atoms with Crippen molar-refractivity contribution in [2.75, 3.05) is 13.7 Å². The zero-order valence-corrected chi connectivity index (χ0v) is 14.2. The summed E-state index contributed by atoms with van der Waals surface area (Å²) in [6.45, 7) is 5.33. The van der Waals surface area contributed by atoms with Gasteiger partial charge in [0.2, 0.25) is 0 Å². The molecule has 25 heavy (non-hydrogen) atoms. The van der Waals surface area contributed by atoms with Crippen LogP contribution < -0.4 is 0 Å². The Morgan fingerprint density at radius 3 is 2.64 bits per heavy atom. The summed E-state index contributed by atoms with van der Waals surface area (Å²) in [6, 6.07) is 9.39. The maximum atomic E-state index is 12.0. The molecule has 2 heterocycles. The molecule has 3 rings (SSSR count). The summed E-state index contributed by atoms with van der Waals surface area (Å²) in [4.78, 5) is 12.0. The monoisotopic (exact) mass is 350 g/mol. The lowest BCUT2D eigenvalue weighted by molar-refractivity contribution is -0.358. The van der Waals surface area contributed by atoms with Gasteiger partial charge in [0.15, 0.2) is 18.7 Å². The van der Waals surface area contributed by atoms with Gasteiger partial charge >= 0.3 is 5.97 Å². The van der Waals surface area contributed by atoms with Crippen molar-refractivity contribution < 1.29 is 33.6 Å². The van der Waals surface area contributed by atoms with E-state index in [4.69, 9.17) is 23.7 Å². The normalized spacial score (nSPS) is 34.8. The van der Waals surface area contributed by atoms with Gasteiger partial charge in [0.25, 0.3) is 0 Å². The second-order valence-corrected chi connectivity index (χ2v) is 6.10. The molecule has 6 atom stereocenters. The van der Waals surface area contributed by atoms with Crippen LogP contribution >= 0.6 is 0 Å². The zero-order chi connectivity index (χ0) is 18.0. The highest BCUT2D eigenvalue weighted by atomic mass is 16.8. The fourth-order valence-corrected chi connectivity index (χ4v) is 2.90. The molecule has 2 aliphatic rings. The van der Waals surface area contributed by atoms with Gasteiger partial charge in [-0.25, -0.2) is 4.79 Å². The van der Waals surface area contributed by atoms with Crippen LogP contribution in [0.25, 0.3) is 0 Å². The van der Waals surface area contributed by atoms with Crippen LogP contribution in [0.15, 0.2) is 42.5 Å². The second-order valence-electron chi connectivity index (χ2n) is 6.10. The molecule has 7 nitrogen and oxygen atoms in total. The maximum absolute atomic E-state index is 12.0. The van der Waals surface area contributed by atoms with Crippen molar-refractivity contribution in [3.05, 3.63) is 48.0 Å². The molecule has 1 aromatic rings. The molecule has 7 heteroatoms. The van der Waals surface area contributed by atoms with Crippen molar-refractivity contribution in [1.29, 1.82) is 0 Å². The van der Waals surface area contributed by atoms with E-state index < -0.39 is 43.0 Å². The summed E-state index contributed by atoms with van der Waals surface area (Å²) >= 11 is 0. The summed E-state index contributed by atoms with van der Waals surface area (Å²) in [5.41, 5.74) is 1.06. The first-order valence-corrected chi connectivity index (χ1v) is 8.06. The van der Waals surface area contributed by atoms with Crippen LogP contribution in [0.5, 0.6) is 0 Å². The summed E-state index contributed by atoms with van der Waals surface area (Å²) in [6.07, 6.45) is -4.94. The minimum absolute atomic E-state index is 0.220. The number of hydrogen-bond donors (Lipinski definition) is 1. The van der Waals surface area contributed by atoms with Crippen LogP contribution in [0.3, 0.4) is 0 Å². The number of carbonyl (C=O) groups excluding carboxylic acids is 1. The van der Waals surface area contributed by atoms with Gasteiger partial charge in [-0.3, -0.25) is 0 Å². The van der Waals surface area contributed by atoms with E-state index in [-0.39, 0.29) is 12.2 Å². The number of ether oxygens (including phenoxy) is 5. The van der Waals surface area contributed by atoms with Gasteiger partial charge in [0.1, 0.15) is 18.3 Å². The molecular formula is C18H22O7. The molecule has 0 aromatic heterocycles. The molecule has 2 fully saturated rings. The number of aliphatic hydroxyl groups is 1. The predicted octanol–water partition coefficient (Wildman–Crippen LogP) is 1.32. The Labute approximate surface area is 146 Å². The van der Waals surface area contributed by atoms with E-state index in [0.29, 0.717) is 0 Å². The third-order valence-corrected chi connectivity index (χ3v) is 4.20. The number of aliphatic hydroxyl groups excluding tert-OH is 1. The molecule has 0 amide bonds. The van der Waals surface area contributed by atoms with E-state index in [2.05, 4.69) is 6.58 Å². The highest BCUT2D eigenvalue weighted by molar-refractivity contribution is 5.87. The largest absolute Gasteiger partial charge is 0.453 e. The van der Waals surface area contributed by atoms with Crippen molar-refractivity contribution in [2.24, 2.45) is 0 Å². The first kappa shape index (κ1) is 18.0. The molecule has 136 valence electrons. The molecule has 1 N–H and O–H groups in total. The first-order valence-electron chi connectivity index (χ1n) is 8.06. The van der Waals surface area contributed by atoms with Gasteiger partial charge in [-0.1, -0.05) is 36.9 Å². The van der Waals surface area contributed by atoms with Gasteiger partial charge in [-0.05, 0) is 6.92 Å². The number of rotatable bonds is 4. The standard InChI is InChI=1S/C18H22O7/c1-10(2)16(20)24-15-13(19)18(21-3)23-12-9-22-17(25-14(12)15)11-7-5-4-6-8-11/h4-8,12-15,17-19H,1,9H2,2-3H3/t12-,13-,14-,15-,17?,18+/m1/s1. The molecule has 0 spiro atoms. The highest BCUT2D eigenvalue weighted by Crippen LogP contribution is 2.35. The highest BCUT2D eigenvalue weighted by Gasteiger charge is 2.51. The maximum Gasteiger partial charge on any atom is 0.333 e. The minimum atomic E-state index is -1.19. The number of carbonyl (C=O) groups is 1. The van der Waals surface area contributed by atoms with E-state index in [1.54, 1.807) is 0 Å². The third kappa shape index (κ3) is 3.75. The SMILES string of the molecule is C=C(C)C(=O)O[C@@H]1[C@@H](O)[C@@H](OC)O[C@@H]2COC(c3ccccc3)O[C@@H]12. The number of methoxy groups -OCH3 is 1. The predicted molar refractivity (Wildman–Crippen MR) is 86.4 cm³/mol. The van der Waals surface area contributed by atoms with Crippen LogP contribution in [0.1, 0.15) is 18.8 Å². The van der Waals surface area contributed by atoms with E-state index in [1.165, 1.54) is 14.0 Å². The fraction of sp³-hybridized carbons (Fsp3) is 0.500. The first-order chi connectivity index (χ1) is 12.0. The molecule has 2 aliphatic heterocycles. The molecule has 1 unspecified atom stereocenters. The smallest absolute Gasteiger partial charge is 0.333 e. The molecule has 1 aromatic carbocycles. The lowest BCUT2D eigenvalue weighted by Gasteiger charge is -2.47. The lowest BCUT2D eigenvalue weighted by atomic mass is 9.97. The van der Waals surface area contributed by atoms with E-state index in [9.17, 15) is 9.90 Å². The Balaban J connectivity index is 1.82. The molecule has 0 bridgehead atoms. The van der Waals surface area contributed by atoms with Crippen LogP contribution in [0.2, 0.25) is 0 Å². The fourth-order valence-electron chi connectivity index (χ4n) is 2.90. The quantitative estimate of drug-likeness (QED) is 0.648. The van der Waals surface area contributed by atoms with Gasteiger partial charge < -0.3 is 28.8 Å². The Morgan fingerprint density at radius 2 is 2.00 bits per heavy atom.